The Labute approximate surface area is 235 Å². The van der Waals surface area contributed by atoms with E-state index in [4.69, 9.17) is 4.74 Å². The normalized spacial score (nSPS) is 36.4. The van der Waals surface area contributed by atoms with Crippen molar-refractivity contribution in [3.05, 3.63) is 51.6 Å². The lowest BCUT2D eigenvalue weighted by molar-refractivity contribution is -0.384. The van der Waals surface area contributed by atoms with Crippen molar-refractivity contribution in [2.24, 2.45) is 46.3 Å². The van der Waals surface area contributed by atoms with Gasteiger partial charge >= 0.3 is 5.97 Å². The average molecular weight is 536 g/mol. The molecule has 39 heavy (non-hydrogen) atoms. The number of allylic oxidation sites excluding steroid dienone is 1. The lowest BCUT2D eigenvalue weighted by Crippen LogP contribution is -2.51. The van der Waals surface area contributed by atoms with Crippen molar-refractivity contribution in [1.29, 1.82) is 0 Å². The Kier molecular flexibility index (Phi) is 8.01. The molecule has 4 aliphatic carbocycles. The number of esters is 1. The quantitative estimate of drug-likeness (QED) is 0.144. The molecule has 0 unspecified atom stereocenters. The number of nitro groups is 1. The van der Waals surface area contributed by atoms with E-state index in [9.17, 15) is 14.9 Å². The zero-order valence-corrected chi connectivity index (χ0v) is 24.8. The highest BCUT2D eigenvalue weighted by Crippen LogP contribution is 2.67. The fourth-order valence-corrected chi connectivity index (χ4v) is 9.72. The van der Waals surface area contributed by atoms with Crippen LogP contribution in [0.5, 0.6) is 0 Å². The van der Waals surface area contributed by atoms with Crippen LogP contribution in [0.3, 0.4) is 0 Å². The molecule has 0 radical (unpaired) electrons. The third-order valence-electron chi connectivity index (χ3n) is 11.8. The topological polar surface area (TPSA) is 69.4 Å². The summed E-state index contributed by atoms with van der Waals surface area (Å²) in [7, 11) is 0. The Morgan fingerprint density at radius 3 is 2.62 bits per heavy atom. The largest absolute Gasteiger partial charge is 0.458 e. The number of hydrogen-bond donors (Lipinski definition) is 0. The molecule has 5 heteroatoms. The number of benzene rings is 1. The van der Waals surface area contributed by atoms with Crippen LogP contribution >= 0.6 is 0 Å². The van der Waals surface area contributed by atoms with Crippen molar-refractivity contribution in [3.8, 4) is 0 Å². The van der Waals surface area contributed by atoms with Gasteiger partial charge in [0.05, 0.1) is 10.5 Å². The number of non-ortho nitro benzene ring substituents is 1. The van der Waals surface area contributed by atoms with E-state index in [1.165, 1.54) is 69.1 Å². The van der Waals surface area contributed by atoms with Crippen LogP contribution in [0.4, 0.5) is 5.69 Å². The summed E-state index contributed by atoms with van der Waals surface area (Å²) >= 11 is 0. The van der Waals surface area contributed by atoms with Gasteiger partial charge in [-0.1, -0.05) is 71.6 Å². The van der Waals surface area contributed by atoms with Crippen LogP contribution in [-0.4, -0.2) is 17.0 Å². The van der Waals surface area contributed by atoms with Crippen molar-refractivity contribution in [2.45, 2.75) is 111 Å². The molecule has 4 aliphatic rings. The van der Waals surface area contributed by atoms with Gasteiger partial charge in [-0.3, -0.25) is 10.1 Å². The maximum absolute atomic E-state index is 12.8. The number of carbonyl (C=O) groups excluding carboxylic acids is 1. The number of rotatable bonds is 8. The minimum Gasteiger partial charge on any atom is -0.458 e. The zero-order chi connectivity index (χ0) is 27.9. The Bertz CT molecular complexity index is 1110. The minimum atomic E-state index is -0.471. The number of hydrogen-bond acceptors (Lipinski definition) is 4. The van der Waals surface area contributed by atoms with Crippen molar-refractivity contribution < 1.29 is 14.5 Å². The summed E-state index contributed by atoms with van der Waals surface area (Å²) in [6.07, 6.45) is 15.9. The summed E-state index contributed by atoms with van der Waals surface area (Å²) in [5, 5.41) is 11.1. The first kappa shape index (κ1) is 28.4. The molecule has 214 valence electrons. The van der Waals surface area contributed by atoms with Gasteiger partial charge in [0.1, 0.15) is 6.10 Å². The maximum Gasteiger partial charge on any atom is 0.338 e. The molecule has 0 saturated heterocycles. The second-order valence-corrected chi connectivity index (χ2v) is 14.4. The molecule has 8 atom stereocenters. The van der Waals surface area contributed by atoms with Crippen LogP contribution in [0, 0.1) is 56.5 Å². The molecule has 0 amide bonds. The fourth-order valence-electron chi connectivity index (χ4n) is 9.72. The van der Waals surface area contributed by atoms with Crippen LogP contribution in [0.1, 0.15) is 116 Å². The summed E-state index contributed by atoms with van der Waals surface area (Å²) < 4.78 is 5.91. The molecule has 0 bridgehead atoms. The highest BCUT2D eigenvalue weighted by atomic mass is 16.6. The van der Waals surface area contributed by atoms with E-state index in [1.54, 1.807) is 12.1 Å². The predicted octanol–water partition coefficient (Wildman–Crippen LogP) is 9.16. The molecule has 3 saturated carbocycles. The van der Waals surface area contributed by atoms with Crippen LogP contribution in [0.25, 0.3) is 0 Å². The van der Waals surface area contributed by atoms with Crippen molar-refractivity contribution in [1.82, 2.24) is 0 Å². The molecular weight excluding hydrogens is 486 g/mol. The molecule has 1 aromatic rings. The number of ether oxygens (including phenoxy) is 1. The summed E-state index contributed by atoms with van der Waals surface area (Å²) in [5.74, 6) is 4.42. The third kappa shape index (κ3) is 5.32. The van der Waals surface area contributed by atoms with Gasteiger partial charge in [0, 0.05) is 18.6 Å². The van der Waals surface area contributed by atoms with Crippen LogP contribution in [-0.2, 0) is 4.74 Å². The predicted molar refractivity (Wildman–Crippen MR) is 155 cm³/mol. The van der Waals surface area contributed by atoms with Crippen LogP contribution in [0.15, 0.2) is 35.9 Å². The van der Waals surface area contributed by atoms with E-state index in [2.05, 4.69) is 40.7 Å². The standard InChI is InChI=1S/C34H49NO4/c1-22(2)8-6-9-23(3)29-14-15-30-28-13-12-25-21-27(16-18-33(25,4)31(28)17-19-34(29,30)5)39-32(36)24-10-7-11-26(20-24)35(37)38/h7,10-12,20,22-23,27-31H,6,8-9,13-19,21H2,1-5H3/t23-,27-,28+,29-,30+,31+,33+,34-/m1/s1. The second kappa shape index (κ2) is 11.0. The van der Waals surface area contributed by atoms with Gasteiger partial charge in [0.25, 0.3) is 5.69 Å². The smallest absolute Gasteiger partial charge is 0.338 e. The van der Waals surface area contributed by atoms with Crippen molar-refractivity contribution in [2.75, 3.05) is 0 Å². The highest BCUT2D eigenvalue weighted by Gasteiger charge is 2.59. The summed E-state index contributed by atoms with van der Waals surface area (Å²) in [6, 6.07) is 5.87. The Hall–Kier alpha value is -2.17. The molecule has 1 aromatic carbocycles. The molecular formula is C34H49NO4. The number of fused-ring (bicyclic) bond motifs is 5. The zero-order valence-electron chi connectivity index (χ0n) is 24.8. The average Bonchev–Trinajstić information content (AvgIpc) is 3.26. The van der Waals surface area contributed by atoms with Gasteiger partial charge in [-0.25, -0.2) is 4.79 Å². The summed E-state index contributed by atoms with van der Waals surface area (Å²) in [5.41, 5.74) is 2.37. The second-order valence-electron chi connectivity index (χ2n) is 14.4. The molecule has 0 heterocycles. The Morgan fingerprint density at radius 1 is 1.08 bits per heavy atom. The monoisotopic (exact) mass is 535 g/mol. The minimum absolute atomic E-state index is 0.0786. The first-order valence-electron chi connectivity index (χ1n) is 15.7. The first-order chi connectivity index (χ1) is 18.5. The molecule has 0 spiro atoms. The fraction of sp³-hybridized carbons (Fsp3) is 0.735. The van der Waals surface area contributed by atoms with E-state index in [-0.39, 0.29) is 22.8 Å². The van der Waals surface area contributed by atoms with Crippen molar-refractivity contribution in [3.63, 3.8) is 0 Å². The van der Waals surface area contributed by atoms with E-state index in [0.717, 1.165) is 54.8 Å². The molecule has 3 fully saturated rings. The number of nitro benzene ring substituents is 1. The van der Waals surface area contributed by atoms with Gasteiger partial charge in [-0.15, -0.1) is 0 Å². The summed E-state index contributed by atoms with van der Waals surface area (Å²) in [6.45, 7) is 12.4. The number of carbonyl (C=O) groups is 1. The van der Waals surface area contributed by atoms with Crippen molar-refractivity contribution >= 4 is 11.7 Å². The molecule has 0 N–H and O–H groups in total. The Balaban J connectivity index is 1.25. The van der Waals surface area contributed by atoms with Gasteiger partial charge < -0.3 is 4.74 Å². The van der Waals surface area contributed by atoms with Crippen LogP contribution in [0.2, 0.25) is 0 Å². The number of nitrogens with zero attached hydrogens (tertiary/aromatic N) is 1. The first-order valence-corrected chi connectivity index (χ1v) is 15.7. The molecule has 0 aromatic heterocycles. The maximum atomic E-state index is 12.8. The third-order valence-corrected chi connectivity index (χ3v) is 11.8. The van der Waals surface area contributed by atoms with Gasteiger partial charge in [-0.2, -0.15) is 0 Å². The SMILES string of the molecule is CC(C)CCC[C@@H](C)[C@H]1CC[C@H]2[C@@H]3CC=C4C[C@H](OC(=O)c5cccc([N+](=O)[O-])c5)CC[C@]4(C)[C@H]3CC[C@]12C. The van der Waals surface area contributed by atoms with Gasteiger partial charge in [0.15, 0.2) is 0 Å². The Morgan fingerprint density at radius 2 is 1.87 bits per heavy atom. The lowest BCUT2D eigenvalue weighted by Gasteiger charge is -2.58. The lowest BCUT2D eigenvalue weighted by atomic mass is 9.47. The van der Waals surface area contributed by atoms with E-state index < -0.39 is 10.9 Å². The van der Waals surface area contributed by atoms with Gasteiger partial charge in [-0.05, 0) is 97.3 Å². The van der Waals surface area contributed by atoms with E-state index in [1.807, 2.05) is 0 Å². The van der Waals surface area contributed by atoms with Crippen LogP contribution < -0.4 is 0 Å². The van der Waals surface area contributed by atoms with E-state index in [0.29, 0.717) is 5.41 Å². The molecule has 5 nitrogen and oxygen atoms in total. The molecule has 5 rings (SSSR count). The highest BCUT2D eigenvalue weighted by molar-refractivity contribution is 5.90. The van der Waals surface area contributed by atoms with E-state index >= 15 is 0 Å². The summed E-state index contributed by atoms with van der Waals surface area (Å²) in [4.78, 5) is 23.5. The molecule has 0 aliphatic heterocycles. The van der Waals surface area contributed by atoms with Gasteiger partial charge in [0.2, 0.25) is 0 Å².